The maximum atomic E-state index is 13.9. The fourth-order valence-corrected chi connectivity index (χ4v) is 5.79. The molecule has 0 amide bonds. The lowest BCUT2D eigenvalue weighted by atomic mass is 9.96. The monoisotopic (exact) mass is 687 g/mol. The normalized spacial score (nSPS) is 11.5. The number of nitrogens with zero attached hydrogens (tertiary/aromatic N) is 3. The first-order chi connectivity index (χ1) is 21.6. The third-order valence-corrected chi connectivity index (χ3v) is 8.87. The highest BCUT2D eigenvalue weighted by Crippen LogP contribution is 2.42. The van der Waals surface area contributed by atoms with Crippen LogP contribution in [0.25, 0.3) is 22.3 Å². The van der Waals surface area contributed by atoms with Gasteiger partial charge in [0.05, 0.1) is 30.8 Å². The Bertz CT molecular complexity index is 1970. The first kappa shape index (κ1) is 32.3. The molecule has 4 aromatic carbocycles. The number of aryl methyl sites for hydroxylation is 2. The predicted octanol–water partition coefficient (Wildman–Crippen LogP) is 9.09. The highest BCUT2D eigenvalue weighted by molar-refractivity contribution is 9.10. The second-order valence-corrected chi connectivity index (χ2v) is 12.2. The molecule has 0 radical (unpaired) electrons. The summed E-state index contributed by atoms with van der Waals surface area (Å²) < 4.78 is 19.6. The number of benzene rings is 4. The fourth-order valence-electron chi connectivity index (χ4n) is 5.14. The molecular formula is C36H35BrClN3O4. The molecule has 1 heterocycles. The standard InChI is InChI=1S/C36H35BrClN3O4/c1-7-44-30-16-23(5)28(18-27(30)21(2)3)35-40-29-14-9-8-13-26(29)36(42)41(35)39-19-25-17-31(43-6)34(33(38)32(25)37)45-20-24-12-10-11-22(4)15-24/h8-19,21H,7,20H2,1-6H3. The van der Waals surface area contributed by atoms with E-state index in [1.54, 1.807) is 25.5 Å². The van der Waals surface area contributed by atoms with Crippen molar-refractivity contribution in [2.75, 3.05) is 13.7 Å². The van der Waals surface area contributed by atoms with Crippen LogP contribution >= 0.6 is 27.5 Å². The van der Waals surface area contributed by atoms with E-state index in [1.165, 1.54) is 4.68 Å². The number of hydrogen-bond acceptors (Lipinski definition) is 6. The zero-order chi connectivity index (χ0) is 32.2. The summed E-state index contributed by atoms with van der Waals surface area (Å²) in [7, 11) is 1.55. The van der Waals surface area contributed by atoms with Crippen LogP contribution in [0.3, 0.4) is 0 Å². The van der Waals surface area contributed by atoms with E-state index >= 15 is 0 Å². The molecule has 5 aromatic rings. The summed E-state index contributed by atoms with van der Waals surface area (Å²) in [6.45, 7) is 11.1. The SMILES string of the molecule is CCOc1cc(C)c(-c2nc3ccccc3c(=O)n2N=Cc2cc(OC)c(OCc3cccc(C)c3)c(Cl)c2Br)cc1C(C)C. The van der Waals surface area contributed by atoms with E-state index in [0.717, 1.165) is 33.6 Å². The number of halogens is 2. The van der Waals surface area contributed by atoms with Crippen molar-refractivity contribution in [2.45, 2.75) is 47.1 Å². The summed E-state index contributed by atoms with van der Waals surface area (Å²) in [6, 6.07) is 21.1. The Kier molecular flexibility index (Phi) is 9.95. The van der Waals surface area contributed by atoms with Crippen molar-refractivity contribution in [3.63, 3.8) is 0 Å². The highest BCUT2D eigenvalue weighted by atomic mass is 79.9. The first-order valence-corrected chi connectivity index (χ1v) is 15.9. The number of methoxy groups -OCH3 is 1. The molecule has 0 saturated heterocycles. The van der Waals surface area contributed by atoms with E-state index in [0.29, 0.717) is 56.5 Å². The second kappa shape index (κ2) is 13.9. The van der Waals surface area contributed by atoms with Crippen LogP contribution in [0.5, 0.6) is 17.2 Å². The molecule has 0 aliphatic carbocycles. The minimum atomic E-state index is -0.293. The molecule has 0 atom stereocenters. The zero-order valence-electron chi connectivity index (χ0n) is 26.2. The van der Waals surface area contributed by atoms with Gasteiger partial charge in [-0.15, -0.1) is 0 Å². The molecule has 0 fully saturated rings. The van der Waals surface area contributed by atoms with Crippen molar-refractivity contribution < 1.29 is 14.2 Å². The van der Waals surface area contributed by atoms with Crippen molar-refractivity contribution >= 4 is 44.6 Å². The van der Waals surface area contributed by atoms with Gasteiger partial charge in [0.2, 0.25) is 0 Å². The van der Waals surface area contributed by atoms with E-state index in [9.17, 15) is 4.79 Å². The molecule has 7 nitrogen and oxygen atoms in total. The van der Waals surface area contributed by atoms with Gasteiger partial charge in [-0.3, -0.25) is 4.79 Å². The van der Waals surface area contributed by atoms with E-state index in [-0.39, 0.29) is 11.5 Å². The molecular weight excluding hydrogens is 654 g/mol. The first-order valence-electron chi connectivity index (χ1n) is 14.7. The quantitative estimate of drug-likeness (QED) is 0.137. The van der Waals surface area contributed by atoms with Crippen LogP contribution in [0, 0.1) is 13.8 Å². The third kappa shape index (κ3) is 6.77. The van der Waals surface area contributed by atoms with Crippen LogP contribution in [0.4, 0.5) is 0 Å². The van der Waals surface area contributed by atoms with Crippen LogP contribution in [-0.4, -0.2) is 29.6 Å². The van der Waals surface area contributed by atoms with Gasteiger partial charge in [0.25, 0.3) is 5.56 Å². The van der Waals surface area contributed by atoms with Gasteiger partial charge in [0, 0.05) is 15.6 Å². The predicted molar refractivity (Wildman–Crippen MR) is 186 cm³/mol. The third-order valence-electron chi connectivity index (χ3n) is 7.43. The van der Waals surface area contributed by atoms with Gasteiger partial charge >= 0.3 is 0 Å². The van der Waals surface area contributed by atoms with Crippen LogP contribution < -0.4 is 19.8 Å². The van der Waals surface area contributed by atoms with E-state index in [1.807, 2.05) is 69.3 Å². The van der Waals surface area contributed by atoms with Crippen molar-refractivity contribution in [3.05, 3.63) is 114 Å². The van der Waals surface area contributed by atoms with Gasteiger partial charge < -0.3 is 14.2 Å². The second-order valence-electron chi connectivity index (χ2n) is 11.0. The van der Waals surface area contributed by atoms with E-state index in [4.69, 9.17) is 30.8 Å². The van der Waals surface area contributed by atoms with Gasteiger partial charge in [-0.1, -0.05) is 67.4 Å². The van der Waals surface area contributed by atoms with Crippen molar-refractivity contribution in [1.29, 1.82) is 0 Å². The maximum absolute atomic E-state index is 13.9. The Morgan fingerprint density at radius 3 is 2.51 bits per heavy atom. The lowest BCUT2D eigenvalue weighted by Crippen LogP contribution is -2.21. The molecule has 232 valence electrons. The van der Waals surface area contributed by atoms with Crippen LogP contribution in [0.2, 0.25) is 5.02 Å². The van der Waals surface area contributed by atoms with Gasteiger partial charge in [-0.2, -0.15) is 9.78 Å². The molecule has 0 saturated carbocycles. The minimum Gasteiger partial charge on any atom is -0.494 e. The molecule has 5 rings (SSSR count). The van der Waals surface area contributed by atoms with Gasteiger partial charge in [0.15, 0.2) is 17.3 Å². The molecule has 0 aliphatic heterocycles. The van der Waals surface area contributed by atoms with Crippen molar-refractivity contribution in [1.82, 2.24) is 9.66 Å². The molecule has 0 bridgehead atoms. The number of para-hydroxylation sites is 1. The van der Waals surface area contributed by atoms with E-state index < -0.39 is 0 Å². The topological polar surface area (TPSA) is 74.9 Å². The Labute approximate surface area is 276 Å². The van der Waals surface area contributed by atoms with Gasteiger partial charge in [-0.05, 0) is 89.6 Å². The summed E-state index contributed by atoms with van der Waals surface area (Å²) in [5, 5.41) is 5.48. The number of ether oxygens (including phenoxy) is 3. The number of fused-ring (bicyclic) bond motifs is 1. The number of rotatable bonds is 10. The zero-order valence-corrected chi connectivity index (χ0v) is 28.5. The molecule has 0 N–H and O–H groups in total. The van der Waals surface area contributed by atoms with Gasteiger partial charge in [0.1, 0.15) is 17.4 Å². The Morgan fingerprint density at radius 1 is 1.02 bits per heavy atom. The summed E-state index contributed by atoms with van der Waals surface area (Å²) in [5.41, 5.74) is 5.76. The average molecular weight is 689 g/mol. The van der Waals surface area contributed by atoms with Crippen LogP contribution in [-0.2, 0) is 6.61 Å². The summed E-state index contributed by atoms with van der Waals surface area (Å²) >= 11 is 10.4. The van der Waals surface area contributed by atoms with Crippen molar-refractivity contribution in [3.8, 4) is 28.6 Å². The molecule has 45 heavy (non-hydrogen) atoms. The largest absolute Gasteiger partial charge is 0.494 e. The smallest absolute Gasteiger partial charge is 0.282 e. The Morgan fingerprint density at radius 2 is 1.80 bits per heavy atom. The lowest BCUT2D eigenvalue weighted by Gasteiger charge is -2.18. The Hall–Kier alpha value is -4.14. The number of aromatic nitrogens is 2. The van der Waals surface area contributed by atoms with Crippen molar-refractivity contribution in [2.24, 2.45) is 5.10 Å². The summed E-state index contributed by atoms with van der Waals surface area (Å²) in [6.07, 6.45) is 1.57. The molecule has 0 aliphatic rings. The highest BCUT2D eigenvalue weighted by Gasteiger charge is 2.20. The molecule has 9 heteroatoms. The summed E-state index contributed by atoms with van der Waals surface area (Å²) in [5.74, 6) is 2.27. The minimum absolute atomic E-state index is 0.187. The maximum Gasteiger partial charge on any atom is 0.282 e. The van der Waals surface area contributed by atoms with Crippen LogP contribution in [0.1, 0.15) is 54.5 Å². The summed E-state index contributed by atoms with van der Waals surface area (Å²) in [4.78, 5) is 18.8. The molecule has 1 aromatic heterocycles. The lowest BCUT2D eigenvalue weighted by molar-refractivity contribution is 0.284. The van der Waals surface area contributed by atoms with Gasteiger partial charge in [-0.25, -0.2) is 4.98 Å². The molecule has 0 unspecified atom stereocenters. The van der Waals surface area contributed by atoms with Crippen LogP contribution in [0.15, 0.2) is 81.1 Å². The Balaban J connectivity index is 1.62. The average Bonchev–Trinajstić information content (AvgIpc) is 3.02. The fraction of sp³-hybridized carbons (Fsp3) is 0.250. The van der Waals surface area contributed by atoms with E-state index in [2.05, 4.69) is 40.9 Å². The molecule has 0 spiro atoms. The number of hydrogen-bond donors (Lipinski definition) is 0.